The normalized spacial score (nSPS) is 11.3. The van der Waals surface area contributed by atoms with Crippen molar-refractivity contribution in [2.75, 3.05) is 12.3 Å². The van der Waals surface area contributed by atoms with Gasteiger partial charge in [-0.1, -0.05) is 89.7 Å². The average Bonchev–Trinajstić information content (AvgIpc) is 3.13. The van der Waals surface area contributed by atoms with Crippen molar-refractivity contribution in [1.82, 2.24) is 9.78 Å². The Balaban J connectivity index is 1.63. The Bertz CT molecular complexity index is 708. The van der Waals surface area contributed by atoms with Crippen LogP contribution in [0.4, 0.5) is 5.82 Å². The van der Waals surface area contributed by atoms with Gasteiger partial charge in [0, 0.05) is 17.7 Å². The fourth-order valence-corrected chi connectivity index (χ4v) is 3.88. The molecule has 0 aliphatic carbocycles. The van der Waals surface area contributed by atoms with Crippen LogP contribution < -0.4 is 10.5 Å². The molecule has 0 saturated carbocycles. The largest absolute Gasteiger partial charge is 0.493 e. The van der Waals surface area contributed by atoms with Crippen LogP contribution in [0.2, 0.25) is 0 Å². The molecule has 1 aromatic carbocycles. The van der Waals surface area contributed by atoms with Crippen LogP contribution >= 0.6 is 0 Å². The van der Waals surface area contributed by atoms with Gasteiger partial charge in [-0.2, -0.15) is 5.10 Å². The van der Waals surface area contributed by atoms with E-state index in [0.29, 0.717) is 5.82 Å². The second-order valence-electron chi connectivity index (χ2n) is 8.73. The summed E-state index contributed by atoms with van der Waals surface area (Å²) in [5.74, 6) is 1.59. The van der Waals surface area contributed by atoms with Crippen molar-refractivity contribution in [2.45, 2.75) is 104 Å². The van der Waals surface area contributed by atoms with E-state index in [-0.39, 0.29) is 6.04 Å². The summed E-state index contributed by atoms with van der Waals surface area (Å²) in [6, 6.07) is 10.3. The van der Waals surface area contributed by atoms with Crippen molar-refractivity contribution < 1.29 is 4.74 Å². The van der Waals surface area contributed by atoms with E-state index < -0.39 is 0 Å². The molecule has 30 heavy (non-hydrogen) atoms. The molecule has 1 aromatic heterocycles. The zero-order chi connectivity index (χ0) is 21.6. The van der Waals surface area contributed by atoms with Gasteiger partial charge in [0.2, 0.25) is 0 Å². The third kappa shape index (κ3) is 8.41. The first kappa shape index (κ1) is 24.3. The molecule has 0 aliphatic rings. The van der Waals surface area contributed by atoms with E-state index in [2.05, 4.69) is 31.9 Å². The van der Waals surface area contributed by atoms with Crippen LogP contribution in [0, 0.1) is 0 Å². The molecule has 4 nitrogen and oxygen atoms in total. The summed E-state index contributed by atoms with van der Waals surface area (Å²) in [5.41, 5.74) is 8.01. The van der Waals surface area contributed by atoms with Crippen LogP contribution in [0.15, 0.2) is 30.3 Å². The number of nitrogen functional groups attached to an aromatic ring is 1. The Labute approximate surface area is 184 Å². The lowest BCUT2D eigenvalue weighted by atomic mass is 10.1. The van der Waals surface area contributed by atoms with Gasteiger partial charge in [-0.25, -0.2) is 4.68 Å². The standard InChI is InChI=1S/C26H43N3O/c1-4-5-6-7-8-9-10-11-12-13-14-17-20-30-25-19-16-15-18-23(25)24-21-26(27)29(28-24)22(2)3/h15-16,18-19,21-22H,4-14,17,20,27H2,1-3H3. The number of rotatable bonds is 16. The Morgan fingerprint density at radius 3 is 2.00 bits per heavy atom. The third-order valence-electron chi connectivity index (χ3n) is 5.67. The first-order valence-electron chi connectivity index (χ1n) is 12.2. The molecular weight excluding hydrogens is 370 g/mol. The van der Waals surface area contributed by atoms with Crippen molar-refractivity contribution in [2.24, 2.45) is 0 Å². The van der Waals surface area contributed by atoms with Crippen molar-refractivity contribution in [1.29, 1.82) is 0 Å². The van der Waals surface area contributed by atoms with Gasteiger partial charge in [-0.3, -0.25) is 0 Å². The lowest BCUT2D eigenvalue weighted by Crippen LogP contribution is -2.06. The minimum absolute atomic E-state index is 0.243. The molecule has 0 saturated heterocycles. The van der Waals surface area contributed by atoms with Gasteiger partial charge >= 0.3 is 0 Å². The van der Waals surface area contributed by atoms with Crippen LogP contribution in [-0.4, -0.2) is 16.4 Å². The topological polar surface area (TPSA) is 53.1 Å². The van der Waals surface area contributed by atoms with Crippen LogP contribution in [0.5, 0.6) is 5.75 Å². The number of para-hydroxylation sites is 1. The summed E-state index contributed by atoms with van der Waals surface area (Å²) in [7, 11) is 0. The Hall–Kier alpha value is -1.97. The molecule has 0 bridgehead atoms. The highest BCUT2D eigenvalue weighted by atomic mass is 16.5. The first-order chi connectivity index (χ1) is 14.6. The van der Waals surface area contributed by atoms with E-state index in [9.17, 15) is 0 Å². The molecule has 0 aliphatic heterocycles. The Morgan fingerprint density at radius 2 is 1.43 bits per heavy atom. The molecule has 2 aromatic rings. The average molecular weight is 414 g/mol. The molecule has 2 rings (SSSR count). The van der Waals surface area contributed by atoms with Gasteiger partial charge in [0.05, 0.1) is 12.3 Å². The summed E-state index contributed by atoms with van der Waals surface area (Å²) in [5, 5.41) is 4.67. The molecule has 0 amide bonds. The number of benzene rings is 1. The smallest absolute Gasteiger partial charge is 0.128 e. The number of anilines is 1. The fraction of sp³-hybridized carbons (Fsp3) is 0.654. The van der Waals surface area contributed by atoms with E-state index in [1.807, 2.05) is 28.9 Å². The Kier molecular flexibility index (Phi) is 11.4. The lowest BCUT2D eigenvalue weighted by Gasteiger charge is -2.10. The summed E-state index contributed by atoms with van der Waals surface area (Å²) in [6.07, 6.45) is 16.3. The van der Waals surface area contributed by atoms with Crippen LogP contribution in [0.3, 0.4) is 0 Å². The number of nitrogens with two attached hydrogens (primary N) is 1. The highest BCUT2D eigenvalue weighted by Gasteiger charge is 2.13. The molecule has 0 fully saturated rings. The molecule has 168 valence electrons. The minimum atomic E-state index is 0.243. The Morgan fingerprint density at radius 1 is 0.867 bits per heavy atom. The van der Waals surface area contributed by atoms with Gasteiger partial charge in [-0.15, -0.1) is 0 Å². The quantitative estimate of drug-likeness (QED) is 0.286. The maximum absolute atomic E-state index is 6.12. The second kappa shape index (κ2) is 14.1. The first-order valence-corrected chi connectivity index (χ1v) is 12.2. The number of hydrogen-bond acceptors (Lipinski definition) is 3. The van der Waals surface area contributed by atoms with Crippen molar-refractivity contribution >= 4 is 5.82 Å². The molecule has 0 atom stereocenters. The van der Waals surface area contributed by atoms with Crippen molar-refractivity contribution in [3.8, 4) is 17.0 Å². The number of unbranched alkanes of at least 4 members (excludes halogenated alkanes) is 11. The third-order valence-corrected chi connectivity index (χ3v) is 5.67. The summed E-state index contributed by atoms with van der Waals surface area (Å²) in [6.45, 7) is 7.21. The van der Waals surface area contributed by atoms with Gasteiger partial charge in [0.25, 0.3) is 0 Å². The molecule has 2 N–H and O–H groups in total. The zero-order valence-electron chi connectivity index (χ0n) is 19.5. The molecule has 0 spiro atoms. The number of ether oxygens (including phenoxy) is 1. The molecule has 0 radical (unpaired) electrons. The zero-order valence-corrected chi connectivity index (χ0v) is 19.5. The molecule has 1 heterocycles. The van der Waals surface area contributed by atoms with Gasteiger partial charge in [-0.05, 0) is 32.4 Å². The highest BCUT2D eigenvalue weighted by Crippen LogP contribution is 2.31. The monoisotopic (exact) mass is 413 g/mol. The second-order valence-corrected chi connectivity index (χ2v) is 8.73. The van der Waals surface area contributed by atoms with Crippen LogP contribution in [0.1, 0.15) is 104 Å². The summed E-state index contributed by atoms with van der Waals surface area (Å²) >= 11 is 0. The van der Waals surface area contributed by atoms with Gasteiger partial charge in [0.1, 0.15) is 11.6 Å². The van der Waals surface area contributed by atoms with E-state index in [1.165, 1.54) is 70.6 Å². The van der Waals surface area contributed by atoms with Crippen molar-refractivity contribution in [3.63, 3.8) is 0 Å². The molecular formula is C26H43N3O. The van der Waals surface area contributed by atoms with E-state index >= 15 is 0 Å². The van der Waals surface area contributed by atoms with E-state index in [4.69, 9.17) is 10.5 Å². The lowest BCUT2D eigenvalue weighted by molar-refractivity contribution is 0.305. The maximum Gasteiger partial charge on any atom is 0.128 e. The summed E-state index contributed by atoms with van der Waals surface area (Å²) in [4.78, 5) is 0. The highest BCUT2D eigenvalue weighted by molar-refractivity contribution is 5.69. The minimum Gasteiger partial charge on any atom is -0.493 e. The predicted molar refractivity (Wildman–Crippen MR) is 129 cm³/mol. The van der Waals surface area contributed by atoms with Gasteiger partial charge in [0.15, 0.2) is 0 Å². The van der Waals surface area contributed by atoms with E-state index in [0.717, 1.165) is 30.0 Å². The molecule has 0 unspecified atom stereocenters. The van der Waals surface area contributed by atoms with Crippen molar-refractivity contribution in [3.05, 3.63) is 30.3 Å². The van der Waals surface area contributed by atoms with Crippen LogP contribution in [0.25, 0.3) is 11.3 Å². The fourth-order valence-electron chi connectivity index (χ4n) is 3.88. The predicted octanol–water partition coefficient (Wildman–Crippen LogP) is 7.79. The maximum atomic E-state index is 6.12. The number of nitrogens with zero attached hydrogens (tertiary/aromatic N) is 2. The number of aromatic nitrogens is 2. The van der Waals surface area contributed by atoms with Gasteiger partial charge < -0.3 is 10.5 Å². The molecule has 4 heteroatoms. The van der Waals surface area contributed by atoms with Crippen LogP contribution in [-0.2, 0) is 0 Å². The van der Waals surface area contributed by atoms with E-state index in [1.54, 1.807) is 0 Å². The summed E-state index contributed by atoms with van der Waals surface area (Å²) < 4.78 is 7.96. The number of hydrogen-bond donors (Lipinski definition) is 1. The SMILES string of the molecule is CCCCCCCCCCCCCCOc1ccccc1-c1cc(N)n(C(C)C)n1.